The number of nitro groups is 1. The van der Waals surface area contributed by atoms with Gasteiger partial charge in [0.25, 0.3) is 5.88 Å². The minimum Gasteiger partial charge on any atom is -0.433 e. The van der Waals surface area contributed by atoms with Crippen LogP contribution in [0, 0.1) is 17.0 Å². The lowest BCUT2D eigenvalue weighted by atomic mass is 9.91. The lowest BCUT2D eigenvalue weighted by Gasteiger charge is -2.19. The molecule has 0 radical (unpaired) electrons. The van der Waals surface area contributed by atoms with Crippen molar-refractivity contribution >= 4 is 21.6 Å². The highest BCUT2D eigenvalue weighted by Gasteiger charge is 2.24. The standard InChI is InChI=1S/C16H15BrN2O3/c1-10-13(17)9-18-16(15(10)19(20)21)22-14-8-4-6-11-5-2-3-7-12(11)14/h4,6,8-9H,2-3,5,7H2,1H3. The predicted molar refractivity (Wildman–Crippen MR) is 86.5 cm³/mol. The van der Waals surface area contributed by atoms with Crippen LogP contribution in [0.5, 0.6) is 11.6 Å². The second kappa shape index (κ2) is 6.04. The van der Waals surface area contributed by atoms with E-state index in [1.807, 2.05) is 12.1 Å². The highest BCUT2D eigenvalue weighted by Crippen LogP contribution is 2.38. The van der Waals surface area contributed by atoms with E-state index in [0.29, 0.717) is 15.8 Å². The van der Waals surface area contributed by atoms with Crippen LogP contribution in [0.25, 0.3) is 0 Å². The molecule has 1 aliphatic carbocycles. The molecule has 0 saturated carbocycles. The van der Waals surface area contributed by atoms with E-state index in [-0.39, 0.29) is 11.6 Å². The molecule has 0 saturated heterocycles. The molecule has 3 rings (SSSR count). The number of aromatic nitrogens is 1. The third kappa shape index (κ3) is 2.70. The summed E-state index contributed by atoms with van der Waals surface area (Å²) < 4.78 is 6.43. The number of aryl methyl sites for hydroxylation is 1. The van der Waals surface area contributed by atoms with Crippen molar-refractivity contribution in [1.82, 2.24) is 4.98 Å². The second-order valence-corrected chi connectivity index (χ2v) is 6.20. The Hall–Kier alpha value is -1.95. The first kappa shape index (κ1) is 15.0. The van der Waals surface area contributed by atoms with Crippen LogP contribution in [0.1, 0.15) is 29.5 Å². The molecule has 114 valence electrons. The Morgan fingerprint density at radius 1 is 1.32 bits per heavy atom. The second-order valence-electron chi connectivity index (χ2n) is 5.35. The molecule has 2 aromatic rings. The zero-order valence-corrected chi connectivity index (χ0v) is 13.7. The summed E-state index contributed by atoms with van der Waals surface area (Å²) in [6, 6.07) is 5.87. The molecule has 1 aliphatic rings. The fraction of sp³-hybridized carbons (Fsp3) is 0.312. The summed E-state index contributed by atoms with van der Waals surface area (Å²) in [5.41, 5.74) is 2.83. The SMILES string of the molecule is Cc1c(Br)cnc(Oc2cccc3c2CCCC3)c1[N+](=O)[O-]. The number of pyridine rings is 1. The molecule has 1 aromatic carbocycles. The Kier molecular flexibility index (Phi) is 4.11. The molecule has 22 heavy (non-hydrogen) atoms. The summed E-state index contributed by atoms with van der Waals surface area (Å²) in [5.74, 6) is 0.721. The van der Waals surface area contributed by atoms with Gasteiger partial charge in [0, 0.05) is 16.2 Å². The summed E-state index contributed by atoms with van der Waals surface area (Å²) in [6.45, 7) is 1.68. The third-order valence-corrected chi connectivity index (χ3v) is 4.75. The molecule has 1 heterocycles. The van der Waals surface area contributed by atoms with Gasteiger partial charge in [-0.1, -0.05) is 12.1 Å². The first-order valence-corrected chi connectivity index (χ1v) is 7.95. The number of ether oxygens (including phenoxy) is 1. The molecule has 0 spiro atoms. The first-order valence-electron chi connectivity index (χ1n) is 7.16. The summed E-state index contributed by atoms with van der Waals surface area (Å²) in [5, 5.41) is 11.3. The minimum absolute atomic E-state index is 0.0460. The van der Waals surface area contributed by atoms with E-state index in [4.69, 9.17) is 4.74 Å². The summed E-state index contributed by atoms with van der Waals surface area (Å²) in [7, 11) is 0. The Morgan fingerprint density at radius 2 is 2.09 bits per heavy atom. The van der Waals surface area contributed by atoms with Gasteiger partial charge in [0.15, 0.2) is 0 Å². The average molecular weight is 363 g/mol. The summed E-state index contributed by atoms with van der Waals surface area (Å²) in [6.07, 6.45) is 5.79. The molecule has 0 amide bonds. The lowest BCUT2D eigenvalue weighted by molar-refractivity contribution is -0.386. The van der Waals surface area contributed by atoms with Crippen LogP contribution in [-0.4, -0.2) is 9.91 Å². The topological polar surface area (TPSA) is 65.3 Å². The van der Waals surface area contributed by atoms with Gasteiger partial charge in [0.1, 0.15) is 5.75 Å². The van der Waals surface area contributed by atoms with Gasteiger partial charge in [-0.25, -0.2) is 4.98 Å². The van der Waals surface area contributed by atoms with Crippen LogP contribution >= 0.6 is 15.9 Å². The van der Waals surface area contributed by atoms with E-state index in [9.17, 15) is 10.1 Å². The minimum atomic E-state index is -0.447. The van der Waals surface area contributed by atoms with Crippen molar-refractivity contribution in [1.29, 1.82) is 0 Å². The number of hydrogen-bond donors (Lipinski definition) is 0. The number of hydrogen-bond acceptors (Lipinski definition) is 4. The van der Waals surface area contributed by atoms with E-state index in [2.05, 4.69) is 27.0 Å². The Balaban J connectivity index is 2.04. The van der Waals surface area contributed by atoms with E-state index in [0.717, 1.165) is 24.8 Å². The first-order chi connectivity index (χ1) is 10.6. The lowest BCUT2D eigenvalue weighted by Crippen LogP contribution is -2.06. The molecule has 5 nitrogen and oxygen atoms in total. The van der Waals surface area contributed by atoms with Crippen LogP contribution in [0.2, 0.25) is 0 Å². The fourth-order valence-electron chi connectivity index (χ4n) is 2.78. The number of fused-ring (bicyclic) bond motifs is 1. The summed E-state index contributed by atoms with van der Waals surface area (Å²) >= 11 is 3.27. The predicted octanol–water partition coefficient (Wildman–Crippen LogP) is 4.73. The van der Waals surface area contributed by atoms with Crippen molar-refractivity contribution in [3.63, 3.8) is 0 Å². The molecule has 0 atom stereocenters. The Labute approximate surface area is 136 Å². The van der Waals surface area contributed by atoms with Crippen molar-refractivity contribution in [2.24, 2.45) is 0 Å². The van der Waals surface area contributed by atoms with Crippen LogP contribution in [0.3, 0.4) is 0 Å². The number of halogens is 1. The Bertz CT molecular complexity index is 746. The van der Waals surface area contributed by atoms with Gasteiger partial charge >= 0.3 is 5.69 Å². The average Bonchev–Trinajstić information content (AvgIpc) is 2.51. The molecular formula is C16H15BrN2O3. The molecular weight excluding hydrogens is 348 g/mol. The van der Waals surface area contributed by atoms with Crippen molar-refractivity contribution in [3.05, 3.63) is 55.7 Å². The van der Waals surface area contributed by atoms with Crippen LogP contribution < -0.4 is 4.74 Å². The van der Waals surface area contributed by atoms with Gasteiger partial charge in [-0.05, 0) is 65.7 Å². The highest BCUT2D eigenvalue weighted by atomic mass is 79.9. The van der Waals surface area contributed by atoms with Gasteiger partial charge < -0.3 is 4.74 Å². The maximum Gasteiger partial charge on any atom is 0.335 e. The summed E-state index contributed by atoms with van der Waals surface area (Å²) in [4.78, 5) is 15.0. The molecule has 0 bridgehead atoms. The molecule has 0 N–H and O–H groups in total. The van der Waals surface area contributed by atoms with E-state index >= 15 is 0 Å². The van der Waals surface area contributed by atoms with E-state index in [1.54, 1.807) is 6.92 Å². The van der Waals surface area contributed by atoms with Crippen molar-refractivity contribution in [3.8, 4) is 11.6 Å². The largest absolute Gasteiger partial charge is 0.433 e. The maximum absolute atomic E-state index is 11.3. The normalized spacial score (nSPS) is 13.5. The van der Waals surface area contributed by atoms with Crippen molar-refractivity contribution in [2.75, 3.05) is 0 Å². The van der Waals surface area contributed by atoms with Crippen molar-refractivity contribution < 1.29 is 9.66 Å². The smallest absolute Gasteiger partial charge is 0.335 e. The third-order valence-electron chi connectivity index (χ3n) is 3.95. The number of nitrogens with zero attached hydrogens (tertiary/aromatic N) is 2. The molecule has 1 aromatic heterocycles. The van der Waals surface area contributed by atoms with Gasteiger partial charge in [0.2, 0.25) is 0 Å². The van der Waals surface area contributed by atoms with Crippen LogP contribution in [-0.2, 0) is 12.8 Å². The van der Waals surface area contributed by atoms with Crippen LogP contribution in [0.4, 0.5) is 5.69 Å². The van der Waals surface area contributed by atoms with Crippen molar-refractivity contribution in [2.45, 2.75) is 32.6 Å². The zero-order valence-electron chi connectivity index (χ0n) is 12.1. The maximum atomic E-state index is 11.3. The van der Waals surface area contributed by atoms with E-state index < -0.39 is 4.92 Å². The Morgan fingerprint density at radius 3 is 2.86 bits per heavy atom. The van der Waals surface area contributed by atoms with Crippen LogP contribution in [0.15, 0.2) is 28.9 Å². The molecule has 0 unspecified atom stereocenters. The number of benzene rings is 1. The van der Waals surface area contributed by atoms with Gasteiger partial charge in [0.05, 0.1) is 4.92 Å². The molecule has 6 heteroatoms. The van der Waals surface area contributed by atoms with E-state index in [1.165, 1.54) is 18.2 Å². The monoisotopic (exact) mass is 362 g/mol. The van der Waals surface area contributed by atoms with Gasteiger partial charge in [-0.3, -0.25) is 10.1 Å². The van der Waals surface area contributed by atoms with Gasteiger partial charge in [-0.15, -0.1) is 0 Å². The molecule has 0 fully saturated rings. The fourth-order valence-corrected chi connectivity index (χ4v) is 3.07. The van der Waals surface area contributed by atoms with Gasteiger partial charge in [-0.2, -0.15) is 0 Å². The highest BCUT2D eigenvalue weighted by molar-refractivity contribution is 9.10. The zero-order chi connectivity index (χ0) is 15.7. The molecule has 0 aliphatic heterocycles. The quantitative estimate of drug-likeness (QED) is 0.584. The number of rotatable bonds is 3.